The maximum absolute atomic E-state index is 13.9. The molecule has 0 saturated heterocycles. The lowest BCUT2D eigenvalue weighted by atomic mass is 9.78. The molecule has 0 bridgehead atoms. The molecule has 0 radical (unpaired) electrons. The number of aldehydes is 1. The van der Waals surface area contributed by atoms with Crippen LogP contribution >= 0.6 is 0 Å². The summed E-state index contributed by atoms with van der Waals surface area (Å²) in [7, 11) is 0. The van der Waals surface area contributed by atoms with Gasteiger partial charge in [-0.05, 0) is 48.8 Å². The molecule has 1 nitrogen and oxygen atoms in total. The minimum atomic E-state index is -0.337. The largest absolute Gasteiger partial charge is 0.298 e. The molecule has 17 heavy (non-hydrogen) atoms. The summed E-state index contributed by atoms with van der Waals surface area (Å²) >= 11 is 0. The first-order valence-corrected chi connectivity index (χ1v) is 6.37. The Morgan fingerprint density at radius 2 is 1.88 bits per heavy atom. The fourth-order valence-corrected chi connectivity index (χ4v) is 2.83. The molecule has 0 atom stereocenters. The summed E-state index contributed by atoms with van der Waals surface area (Å²) in [6, 6.07) is 3.55. The quantitative estimate of drug-likeness (QED) is 0.699. The molecule has 92 valence electrons. The van der Waals surface area contributed by atoms with Gasteiger partial charge < -0.3 is 0 Å². The molecule has 1 fully saturated rings. The average molecular weight is 234 g/mol. The Hall–Kier alpha value is -1.18. The second-order valence-corrected chi connectivity index (χ2v) is 5.26. The number of hydrogen-bond acceptors (Lipinski definition) is 1. The maximum atomic E-state index is 13.9. The SMILES string of the molecule is Cc1c(C2CCC(C)CC2)ccc(C=O)c1F. The van der Waals surface area contributed by atoms with Crippen molar-refractivity contribution in [1.29, 1.82) is 0 Å². The highest BCUT2D eigenvalue weighted by molar-refractivity contribution is 5.75. The van der Waals surface area contributed by atoms with Crippen LogP contribution in [-0.2, 0) is 0 Å². The summed E-state index contributed by atoms with van der Waals surface area (Å²) in [5.41, 5.74) is 1.93. The Balaban J connectivity index is 2.27. The van der Waals surface area contributed by atoms with E-state index in [4.69, 9.17) is 0 Å². The fourth-order valence-electron chi connectivity index (χ4n) is 2.83. The lowest BCUT2D eigenvalue weighted by Gasteiger charge is -2.27. The Labute approximate surface area is 102 Å². The van der Waals surface area contributed by atoms with Gasteiger partial charge in [-0.3, -0.25) is 4.79 Å². The van der Waals surface area contributed by atoms with Gasteiger partial charge in [-0.15, -0.1) is 0 Å². The second-order valence-electron chi connectivity index (χ2n) is 5.26. The third-order valence-electron chi connectivity index (χ3n) is 4.04. The van der Waals surface area contributed by atoms with Crippen molar-refractivity contribution < 1.29 is 9.18 Å². The van der Waals surface area contributed by atoms with Gasteiger partial charge in [0, 0.05) is 0 Å². The number of benzene rings is 1. The van der Waals surface area contributed by atoms with E-state index in [1.807, 2.05) is 6.07 Å². The normalized spacial score (nSPS) is 24.6. The van der Waals surface area contributed by atoms with Crippen molar-refractivity contribution in [2.75, 3.05) is 0 Å². The molecule has 0 heterocycles. The van der Waals surface area contributed by atoms with Gasteiger partial charge in [-0.2, -0.15) is 0 Å². The molecule has 0 spiro atoms. The molecule has 0 N–H and O–H groups in total. The standard InChI is InChI=1S/C15H19FO/c1-10-3-5-12(6-4-10)14-8-7-13(9-17)15(16)11(14)2/h7-10,12H,3-6H2,1-2H3. The second kappa shape index (κ2) is 4.99. The number of carbonyl (C=O) groups excluding carboxylic acids is 1. The number of hydrogen-bond donors (Lipinski definition) is 0. The summed E-state index contributed by atoms with van der Waals surface area (Å²) in [5, 5.41) is 0. The predicted molar refractivity (Wildman–Crippen MR) is 66.9 cm³/mol. The zero-order valence-electron chi connectivity index (χ0n) is 10.5. The van der Waals surface area contributed by atoms with Crippen molar-refractivity contribution in [2.45, 2.75) is 45.4 Å². The van der Waals surface area contributed by atoms with E-state index in [-0.39, 0.29) is 11.4 Å². The first-order valence-electron chi connectivity index (χ1n) is 6.37. The molecule has 0 unspecified atom stereocenters. The van der Waals surface area contributed by atoms with E-state index in [2.05, 4.69) is 6.92 Å². The van der Waals surface area contributed by atoms with E-state index in [9.17, 15) is 9.18 Å². The number of halogens is 1. The van der Waals surface area contributed by atoms with Gasteiger partial charge in [0.2, 0.25) is 0 Å². The molecule has 1 saturated carbocycles. The van der Waals surface area contributed by atoms with Crippen molar-refractivity contribution >= 4 is 6.29 Å². The van der Waals surface area contributed by atoms with Crippen LogP contribution in [0.3, 0.4) is 0 Å². The van der Waals surface area contributed by atoms with Gasteiger partial charge >= 0.3 is 0 Å². The van der Waals surface area contributed by atoms with Gasteiger partial charge in [0.25, 0.3) is 0 Å². The van der Waals surface area contributed by atoms with E-state index >= 15 is 0 Å². The van der Waals surface area contributed by atoms with Gasteiger partial charge in [-0.25, -0.2) is 4.39 Å². The molecule has 0 aromatic heterocycles. The number of rotatable bonds is 2. The minimum absolute atomic E-state index is 0.176. The minimum Gasteiger partial charge on any atom is -0.298 e. The van der Waals surface area contributed by atoms with Crippen LogP contribution in [0.25, 0.3) is 0 Å². The summed E-state index contributed by atoms with van der Waals surface area (Å²) in [6.45, 7) is 4.06. The Bertz CT molecular complexity index is 417. The maximum Gasteiger partial charge on any atom is 0.153 e. The third-order valence-corrected chi connectivity index (χ3v) is 4.04. The van der Waals surface area contributed by atoms with E-state index in [1.165, 1.54) is 12.8 Å². The lowest BCUT2D eigenvalue weighted by Crippen LogP contribution is -2.12. The summed E-state index contributed by atoms with van der Waals surface area (Å²) in [4.78, 5) is 10.7. The summed E-state index contributed by atoms with van der Waals surface area (Å²) in [5.74, 6) is 0.933. The van der Waals surface area contributed by atoms with Crippen molar-refractivity contribution in [3.05, 3.63) is 34.6 Å². The van der Waals surface area contributed by atoms with Crippen LogP contribution in [0.5, 0.6) is 0 Å². The lowest BCUT2D eigenvalue weighted by molar-refractivity contribution is 0.111. The van der Waals surface area contributed by atoms with Crippen molar-refractivity contribution in [3.63, 3.8) is 0 Å². The van der Waals surface area contributed by atoms with Gasteiger partial charge in [0.1, 0.15) is 5.82 Å². The highest BCUT2D eigenvalue weighted by Gasteiger charge is 2.22. The molecule has 2 heteroatoms. The van der Waals surface area contributed by atoms with E-state index < -0.39 is 0 Å². The van der Waals surface area contributed by atoms with Crippen LogP contribution in [0.4, 0.5) is 4.39 Å². The van der Waals surface area contributed by atoms with E-state index in [0.29, 0.717) is 17.8 Å². The Morgan fingerprint density at radius 1 is 1.24 bits per heavy atom. The van der Waals surface area contributed by atoms with E-state index in [1.54, 1.807) is 13.0 Å². The molecule has 2 rings (SSSR count). The molecule has 1 aromatic carbocycles. The fraction of sp³-hybridized carbons (Fsp3) is 0.533. The molecule has 0 amide bonds. The molecule has 1 aliphatic carbocycles. The average Bonchev–Trinajstić information content (AvgIpc) is 2.34. The zero-order valence-corrected chi connectivity index (χ0v) is 10.5. The topological polar surface area (TPSA) is 17.1 Å². The number of carbonyl (C=O) groups is 1. The Morgan fingerprint density at radius 3 is 2.47 bits per heavy atom. The van der Waals surface area contributed by atoms with Crippen LogP contribution in [0.1, 0.15) is 60.0 Å². The smallest absolute Gasteiger partial charge is 0.153 e. The van der Waals surface area contributed by atoms with Crippen LogP contribution in [0.2, 0.25) is 0 Å². The molecule has 1 aromatic rings. The molecular formula is C15H19FO. The van der Waals surface area contributed by atoms with Crippen molar-refractivity contribution in [1.82, 2.24) is 0 Å². The van der Waals surface area contributed by atoms with Gasteiger partial charge in [0.05, 0.1) is 5.56 Å². The van der Waals surface area contributed by atoms with Crippen LogP contribution in [-0.4, -0.2) is 6.29 Å². The first kappa shape index (κ1) is 12.3. The third kappa shape index (κ3) is 2.41. The molecular weight excluding hydrogens is 215 g/mol. The van der Waals surface area contributed by atoms with Crippen LogP contribution in [0, 0.1) is 18.7 Å². The first-order chi connectivity index (χ1) is 8.13. The molecule has 1 aliphatic rings. The summed E-state index contributed by atoms with van der Waals surface area (Å²) in [6.07, 6.45) is 5.32. The van der Waals surface area contributed by atoms with Crippen LogP contribution in [0.15, 0.2) is 12.1 Å². The van der Waals surface area contributed by atoms with Gasteiger partial charge in [0.15, 0.2) is 6.29 Å². The van der Waals surface area contributed by atoms with Crippen LogP contribution < -0.4 is 0 Å². The van der Waals surface area contributed by atoms with Gasteiger partial charge in [-0.1, -0.05) is 25.8 Å². The Kier molecular flexibility index (Phi) is 3.60. The van der Waals surface area contributed by atoms with Crippen molar-refractivity contribution in [2.24, 2.45) is 5.92 Å². The van der Waals surface area contributed by atoms with Crippen molar-refractivity contribution in [3.8, 4) is 0 Å². The monoisotopic (exact) mass is 234 g/mol. The highest BCUT2D eigenvalue weighted by Crippen LogP contribution is 2.37. The molecule has 0 aliphatic heterocycles. The zero-order chi connectivity index (χ0) is 12.4. The predicted octanol–water partition coefficient (Wildman–Crippen LogP) is 4.24. The highest BCUT2D eigenvalue weighted by atomic mass is 19.1. The summed E-state index contributed by atoms with van der Waals surface area (Å²) < 4.78 is 13.9. The van der Waals surface area contributed by atoms with E-state index in [0.717, 1.165) is 24.3 Å².